The van der Waals surface area contributed by atoms with Gasteiger partial charge in [-0.3, -0.25) is 0 Å². The standard InChI is InChI=1S/C8H7NO3/c10-8(11)7(9-12)6-4-2-1-3-5-6/h1-5,12H,(H,10,11)/b9-7-. The number of carboxylic acids is 1. The summed E-state index contributed by atoms with van der Waals surface area (Å²) >= 11 is 0. The molecule has 4 heteroatoms. The molecule has 2 N–H and O–H groups in total. The van der Waals surface area contributed by atoms with E-state index in [-0.39, 0.29) is 5.71 Å². The lowest BCUT2D eigenvalue weighted by molar-refractivity contribution is -0.129. The number of rotatable bonds is 2. The van der Waals surface area contributed by atoms with Crippen molar-refractivity contribution in [2.24, 2.45) is 5.16 Å². The first-order valence-electron chi connectivity index (χ1n) is 3.26. The van der Waals surface area contributed by atoms with Crippen molar-refractivity contribution in [1.82, 2.24) is 0 Å². The van der Waals surface area contributed by atoms with Crippen LogP contribution in [-0.2, 0) is 4.79 Å². The summed E-state index contributed by atoms with van der Waals surface area (Å²) in [5, 5.41) is 19.6. The molecule has 0 atom stereocenters. The predicted molar refractivity (Wildman–Crippen MR) is 42.4 cm³/mol. The van der Waals surface area contributed by atoms with Crippen molar-refractivity contribution in [3.8, 4) is 0 Å². The minimum absolute atomic E-state index is 0.351. The van der Waals surface area contributed by atoms with E-state index in [1.165, 1.54) is 0 Å². The third-order valence-electron chi connectivity index (χ3n) is 1.35. The van der Waals surface area contributed by atoms with Crippen LogP contribution in [0.1, 0.15) is 5.56 Å². The molecule has 0 aliphatic rings. The van der Waals surface area contributed by atoms with Gasteiger partial charge in [-0.15, -0.1) is 0 Å². The third kappa shape index (κ3) is 1.60. The largest absolute Gasteiger partial charge is 0.476 e. The van der Waals surface area contributed by atoms with Crippen LogP contribution < -0.4 is 0 Å². The minimum Gasteiger partial charge on any atom is -0.476 e. The second-order valence-electron chi connectivity index (χ2n) is 2.12. The molecular weight excluding hydrogens is 158 g/mol. The fraction of sp³-hybridized carbons (Fsp3) is 0. The Hall–Kier alpha value is -1.84. The highest BCUT2D eigenvalue weighted by Crippen LogP contribution is 2.00. The number of oxime groups is 1. The maximum atomic E-state index is 10.4. The Balaban J connectivity index is 3.05. The van der Waals surface area contributed by atoms with E-state index in [1.807, 2.05) is 0 Å². The van der Waals surface area contributed by atoms with Crippen molar-refractivity contribution >= 4 is 11.7 Å². The molecule has 4 nitrogen and oxygen atoms in total. The molecule has 1 rings (SSSR count). The van der Waals surface area contributed by atoms with Crippen LogP contribution in [0, 0.1) is 0 Å². The summed E-state index contributed by atoms with van der Waals surface area (Å²) in [6, 6.07) is 8.21. The lowest BCUT2D eigenvalue weighted by atomic mass is 10.1. The van der Waals surface area contributed by atoms with Gasteiger partial charge in [0.15, 0.2) is 5.71 Å². The van der Waals surface area contributed by atoms with Gasteiger partial charge >= 0.3 is 5.97 Å². The fourth-order valence-electron chi connectivity index (χ4n) is 0.820. The third-order valence-corrected chi connectivity index (χ3v) is 1.35. The van der Waals surface area contributed by atoms with E-state index in [1.54, 1.807) is 30.3 Å². The van der Waals surface area contributed by atoms with Gasteiger partial charge in [0.05, 0.1) is 0 Å². The van der Waals surface area contributed by atoms with Gasteiger partial charge in [-0.1, -0.05) is 35.5 Å². The maximum Gasteiger partial charge on any atom is 0.358 e. The number of hydrogen-bond acceptors (Lipinski definition) is 3. The first-order valence-corrected chi connectivity index (χ1v) is 3.26. The summed E-state index contributed by atoms with van der Waals surface area (Å²) in [6.07, 6.45) is 0. The molecule has 0 bridgehead atoms. The molecule has 1 aromatic carbocycles. The lowest BCUT2D eigenvalue weighted by Crippen LogP contribution is -2.13. The summed E-state index contributed by atoms with van der Waals surface area (Å²) in [7, 11) is 0. The van der Waals surface area contributed by atoms with Gasteiger partial charge in [-0.05, 0) is 0 Å². The first-order chi connectivity index (χ1) is 5.75. The number of carboxylic acid groups (broad SMARTS) is 1. The molecule has 0 aromatic heterocycles. The molecule has 0 aliphatic carbocycles. The smallest absolute Gasteiger partial charge is 0.358 e. The number of benzene rings is 1. The van der Waals surface area contributed by atoms with Crippen molar-refractivity contribution in [2.75, 3.05) is 0 Å². The molecule has 0 aliphatic heterocycles. The van der Waals surface area contributed by atoms with Crippen molar-refractivity contribution in [3.63, 3.8) is 0 Å². The molecule has 1 aromatic rings. The van der Waals surface area contributed by atoms with Gasteiger partial charge < -0.3 is 10.3 Å². The molecular formula is C8H7NO3. The van der Waals surface area contributed by atoms with E-state index in [2.05, 4.69) is 5.16 Å². The minimum atomic E-state index is -1.25. The van der Waals surface area contributed by atoms with Crippen molar-refractivity contribution < 1.29 is 15.1 Å². The van der Waals surface area contributed by atoms with Crippen LogP contribution >= 0.6 is 0 Å². The molecule has 0 unspecified atom stereocenters. The molecule has 12 heavy (non-hydrogen) atoms. The summed E-state index contributed by atoms with van der Waals surface area (Å²) in [6.45, 7) is 0. The van der Waals surface area contributed by atoms with Crippen molar-refractivity contribution in [1.29, 1.82) is 0 Å². The lowest BCUT2D eigenvalue weighted by Gasteiger charge is -1.96. The van der Waals surface area contributed by atoms with Crippen LogP contribution in [0.15, 0.2) is 35.5 Å². The Bertz CT molecular complexity index is 305. The predicted octanol–water partition coefficient (Wildman–Crippen LogP) is 0.950. The molecule has 62 valence electrons. The second-order valence-corrected chi connectivity index (χ2v) is 2.12. The van der Waals surface area contributed by atoms with E-state index < -0.39 is 5.97 Å². The average Bonchev–Trinajstić information content (AvgIpc) is 2.07. The normalized spacial score (nSPS) is 11.2. The zero-order chi connectivity index (χ0) is 8.97. The Morgan fingerprint density at radius 3 is 2.25 bits per heavy atom. The zero-order valence-electron chi connectivity index (χ0n) is 6.14. The SMILES string of the molecule is O=C(O)/C(=N\O)c1ccccc1. The van der Waals surface area contributed by atoms with E-state index in [0.717, 1.165) is 0 Å². The molecule has 0 fully saturated rings. The van der Waals surface area contributed by atoms with Crippen LogP contribution in [0.4, 0.5) is 0 Å². The quantitative estimate of drug-likeness (QED) is 0.389. The number of nitrogens with zero attached hydrogens (tertiary/aromatic N) is 1. The van der Waals surface area contributed by atoms with Gasteiger partial charge in [0, 0.05) is 5.56 Å². The molecule has 0 spiro atoms. The Morgan fingerprint density at radius 1 is 1.25 bits per heavy atom. The summed E-state index contributed by atoms with van der Waals surface area (Å²) in [4.78, 5) is 10.4. The fourth-order valence-corrected chi connectivity index (χ4v) is 0.820. The van der Waals surface area contributed by atoms with Gasteiger partial charge in [-0.25, -0.2) is 4.79 Å². The van der Waals surface area contributed by atoms with Gasteiger partial charge in [0.25, 0.3) is 0 Å². The number of aliphatic carboxylic acids is 1. The highest BCUT2D eigenvalue weighted by Gasteiger charge is 2.11. The van der Waals surface area contributed by atoms with E-state index in [4.69, 9.17) is 10.3 Å². The number of hydrogen-bond donors (Lipinski definition) is 2. The average molecular weight is 165 g/mol. The van der Waals surface area contributed by atoms with Gasteiger partial charge in [0.1, 0.15) is 0 Å². The Morgan fingerprint density at radius 2 is 1.83 bits per heavy atom. The van der Waals surface area contributed by atoms with E-state index in [0.29, 0.717) is 5.56 Å². The second kappa shape index (κ2) is 3.52. The number of carbonyl (C=O) groups is 1. The van der Waals surface area contributed by atoms with Crippen molar-refractivity contribution in [2.45, 2.75) is 0 Å². The zero-order valence-corrected chi connectivity index (χ0v) is 6.14. The van der Waals surface area contributed by atoms with Crippen LogP contribution in [0.3, 0.4) is 0 Å². The maximum absolute atomic E-state index is 10.4. The molecule has 0 amide bonds. The van der Waals surface area contributed by atoms with Crippen molar-refractivity contribution in [3.05, 3.63) is 35.9 Å². The van der Waals surface area contributed by atoms with Crippen LogP contribution in [0.2, 0.25) is 0 Å². The van der Waals surface area contributed by atoms with E-state index >= 15 is 0 Å². The van der Waals surface area contributed by atoms with Gasteiger partial charge in [0.2, 0.25) is 0 Å². The monoisotopic (exact) mass is 165 g/mol. The summed E-state index contributed by atoms with van der Waals surface area (Å²) in [5.74, 6) is -1.25. The Labute approximate surface area is 68.8 Å². The summed E-state index contributed by atoms with van der Waals surface area (Å²) in [5.41, 5.74) is 0.0306. The molecule has 0 heterocycles. The van der Waals surface area contributed by atoms with Crippen LogP contribution in [0.5, 0.6) is 0 Å². The highest BCUT2D eigenvalue weighted by molar-refractivity contribution is 6.42. The molecule has 0 saturated carbocycles. The molecule has 0 saturated heterocycles. The Kier molecular flexibility index (Phi) is 2.42. The topological polar surface area (TPSA) is 69.9 Å². The first kappa shape index (κ1) is 8.26. The molecule has 0 radical (unpaired) electrons. The van der Waals surface area contributed by atoms with Gasteiger partial charge in [-0.2, -0.15) is 0 Å². The van der Waals surface area contributed by atoms with Crippen LogP contribution in [-0.4, -0.2) is 22.0 Å². The van der Waals surface area contributed by atoms with E-state index in [9.17, 15) is 4.79 Å². The highest BCUT2D eigenvalue weighted by atomic mass is 16.4. The van der Waals surface area contributed by atoms with Crippen LogP contribution in [0.25, 0.3) is 0 Å². The summed E-state index contributed by atoms with van der Waals surface area (Å²) < 4.78 is 0.